The number of para-hydroxylation sites is 1. The van der Waals surface area contributed by atoms with Gasteiger partial charge in [0.05, 0.1) is 24.3 Å². The van der Waals surface area contributed by atoms with Gasteiger partial charge in [0.25, 0.3) is 0 Å². The molecule has 2 spiro atoms. The molecule has 6 heteroatoms. The van der Waals surface area contributed by atoms with Gasteiger partial charge in [-0.2, -0.15) is 0 Å². The number of hydrogen-bond acceptors (Lipinski definition) is 6. The summed E-state index contributed by atoms with van der Waals surface area (Å²) >= 11 is 2.00. The van der Waals surface area contributed by atoms with Gasteiger partial charge < -0.3 is 9.84 Å². The summed E-state index contributed by atoms with van der Waals surface area (Å²) in [6.45, 7) is 15.0. The molecular weight excluding hydrogens is 552 g/mol. The summed E-state index contributed by atoms with van der Waals surface area (Å²) in [5, 5.41) is 13.3. The second kappa shape index (κ2) is 9.82. The van der Waals surface area contributed by atoms with Gasteiger partial charge in [0.2, 0.25) is 0 Å². The first-order valence-electron chi connectivity index (χ1n) is 17.0. The fourth-order valence-electron chi connectivity index (χ4n) is 12.5. The highest BCUT2D eigenvalue weighted by molar-refractivity contribution is 8.14. The predicted octanol–water partition coefficient (Wildman–Crippen LogP) is 7.25. The Kier molecular flexibility index (Phi) is 6.91. The number of benzene rings is 1. The van der Waals surface area contributed by atoms with Gasteiger partial charge in [0, 0.05) is 53.0 Å². The minimum atomic E-state index is -0.396. The number of nitrogens with zero attached hydrogens (tertiary/aromatic N) is 2. The van der Waals surface area contributed by atoms with Gasteiger partial charge in [0.1, 0.15) is 11.5 Å². The summed E-state index contributed by atoms with van der Waals surface area (Å²) in [6.07, 6.45) is 6.78. The van der Waals surface area contributed by atoms with Crippen LogP contribution >= 0.6 is 11.8 Å². The molecule has 6 aliphatic rings. The summed E-state index contributed by atoms with van der Waals surface area (Å²) in [5.74, 6) is 4.12. The van der Waals surface area contributed by atoms with E-state index in [1.807, 2.05) is 23.9 Å². The van der Waals surface area contributed by atoms with Crippen LogP contribution in [-0.4, -0.2) is 58.9 Å². The van der Waals surface area contributed by atoms with Crippen molar-refractivity contribution in [1.29, 1.82) is 0 Å². The normalized spacial score (nSPS) is 47.2. The van der Waals surface area contributed by atoms with E-state index in [0.29, 0.717) is 36.0 Å². The minimum absolute atomic E-state index is 0.0406. The lowest BCUT2D eigenvalue weighted by molar-refractivity contribution is -0.169. The quantitative estimate of drug-likeness (QED) is 0.370. The molecule has 0 amide bonds. The Balaban J connectivity index is 1.18. The van der Waals surface area contributed by atoms with Crippen LogP contribution in [0.25, 0.3) is 0 Å². The van der Waals surface area contributed by atoms with Crippen molar-refractivity contribution >= 4 is 22.6 Å². The highest BCUT2D eigenvalue weighted by Crippen LogP contribution is 2.88. The molecule has 1 N–H and O–H groups in total. The van der Waals surface area contributed by atoms with Crippen molar-refractivity contribution in [2.75, 3.05) is 19.9 Å². The van der Waals surface area contributed by atoms with E-state index >= 15 is 0 Å². The smallest absolute Gasteiger partial charge is 0.140 e. The zero-order chi connectivity index (χ0) is 30.7. The maximum Gasteiger partial charge on any atom is 0.140 e. The van der Waals surface area contributed by atoms with Crippen molar-refractivity contribution in [2.24, 2.45) is 55.7 Å². The third-order valence-corrected chi connectivity index (χ3v) is 16.4. The summed E-state index contributed by atoms with van der Waals surface area (Å²) in [7, 11) is 3.90. The van der Waals surface area contributed by atoms with E-state index in [9.17, 15) is 9.90 Å². The lowest BCUT2D eigenvalue weighted by Gasteiger charge is -2.63. The van der Waals surface area contributed by atoms with Crippen molar-refractivity contribution < 1.29 is 14.6 Å². The largest absolute Gasteiger partial charge is 0.496 e. The molecule has 1 aromatic rings. The second-order valence-electron chi connectivity index (χ2n) is 16.7. The van der Waals surface area contributed by atoms with Crippen LogP contribution in [0.2, 0.25) is 0 Å². The summed E-state index contributed by atoms with van der Waals surface area (Å²) in [6, 6.07) is 8.78. The third-order valence-electron chi connectivity index (χ3n) is 14.8. The zero-order valence-corrected chi connectivity index (χ0v) is 28.6. The van der Waals surface area contributed by atoms with Crippen molar-refractivity contribution in [3.63, 3.8) is 0 Å². The van der Waals surface area contributed by atoms with Crippen molar-refractivity contribution in [3.05, 3.63) is 29.8 Å². The number of carbonyl (C=O) groups excluding carboxylic acids is 1. The molecule has 5 fully saturated rings. The average molecular weight is 607 g/mol. The minimum Gasteiger partial charge on any atom is -0.496 e. The lowest BCUT2D eigenvalue weighted by Crippen LogP contribution is -2.62. The Labute approximate surface area is 264 Å². The molecule has 1 heterocycles. The highest BCUT2D eigenvalue weighted by Gasteiger charge is 2.86. The van der Waals surface area contributed by atoms with E-state index in [1.54, 1.807) is 7.11 Å². The number of methoxy groups -OCH3 is 1. The highest BCUT2D eigenvalue weighted by atomic mass is 32.2. The fourth-order valence-corrected chi connectivity index (χ4v) is 13.9. The van der Waals surface area contributed by atoms with Crippen LogP contribution in [0, 0.1) is 50.7 Å². The van der Waals surface area contributed by atoms with Gasteiger partial charge in [-0.1, -0.05) is 52.8 Å². The van der Waals surface area contributed by atoms with Crippen molar-refractivity contribution in [2.45, 2.75) is 111 Å². The number of aliphatic imine (C=N–C) groups is 1. The Morgan fingerprint density at radius 3 is 2.53 bits per heavy atom. The number of rotatable bonds is 6. The Morgan fingerprint density at radius 2 is 1.81 bits per heavy atom. The lowest BCUT2D eigenvalue weighted by atomic mass is 9.41. The van der Waals surface area contributed by atoms with Gasteiger partial charge >= 0.3 is 0 Å². The Bertz CT molecular complexity index is 1350. The summed E-state index contributed by atoms with van der Waals surface area (Å²) in [4.78, 5) is 22.5. The molecule has 7 rings (SSSR count). The molecule has 236 valence electrons. The fraction of sp³-hybridized carbons (Fsp3) is 0.784. The number of aliphatic hydroxyl groups is 1. The first-order valence-corrected chi connectivity index (χ1v) is 18.0. The number of thioether (sulfide) groups is 1. The van der Waals surface area contributed by atoms with Crippen LogP contribution in [0.1, 0.15) is 92.1 Å². The van der Waals surface area contributed by atoms with E-state index in [1.165, 1.54) is 11.5 Å². The average Bonchev–Trinajstić information content (AvgIpc) is 3.60. The number of aliphatic hydroxyl groups excluding tert-OH is 1. The number of carbonyl (C=O) groups is 1. The maximum atomic E-state index is 14.8. The zero-order valence-electron chi connectivity index (χ0n) is 27.8. The van der Waals surface area contributed by atoms with Gasteiger partial charge in [-0.25, -0.2) is 0 Å². The molecule has 11 atom stereocenters. The Hall–Kier alpha value is -1.37. The van der Waals surface area contributed by atoms with E-state index in [2.05, 4.69) is 65.6 Å². The van der Waals surface area contributed by atoms with Crippen molar-refractivity contribution in [3.8, 4) is 5.75 Å². The molecular formula is C37H54N2O3S. The van der Waals surface area contributed by atoms with Crippen LogP contribution in [-0.2, 0) is 11.3 Å². The van der Waals surface area contributed by atoms with Gasteiger partial charge in [-0.15, -0.1) is 11.8 Å². The number of Topliss-reactive ketones (excluding diaryl/α,β-unsaturated/α-hetero) is 1. The van der Waals surface area contributed by atoms with E-state index in [0.717, 1.165) is 55.7 Å². The molecule has 0 aromatic heterocycles. The SMILES string of the molecule is COc1ccccc1CN(C)[C@@H](C)[C@H]1[C@H](O)C[C@@]2(C)[C@@H]3CC[C@H]4[C@]5(C)CSC(C(C)C)=N[C@H]5CC[C@@]45C[C@]35C(=O)C[C@]12C. The van der Waals surface area contributed by atoms with E-state index in [4.69, 9.17) is 9.73 Å². The van der Waals surface area contributed by atoms with E-state index in [-0.39, 0.29) is 39.0 Å². The number of ketones is 1. The molecule has 5 aliphatic carbocycles. The maximum absolute atomic E-state index is 14.8. The number of ether oxygens (including phenoxy) is 1. The second-order valence-corrected chi connectivity index (χ2v) is 17.7. The number of hydrogen-bond donors (Lipinski definition) is 1. The summed E-state index contributed by atoms with van der Waals surface area (Å²) in [5.41, 5.74) is 1.07. The summed E-state index contributed by atoms with van der Waals surface area (Å²) < 4.78 is 5.65. The molecule has 1 aliphatic heterocycles. The van der Waals surface area contributed by atoms with Crippen LogP contribution in [0.5, 0.6) is 5.75 Å². The molecule has 0 radical (unpaired) electrons. The first-order chi connectivity index (χ1) is 20.3. The van der Waals surface area contributed by atoms with Gasteiger partial charge in [0.15, 0.2) is 0 Å². The van der Waals surface area contributed by atoms with Crippen LogP contribution < -0.4 is 4.74 Å². The third kappa shape index (κ3) is 3.78. The van der Waals surface area contributed by atoms with Gasteiger partial charge in [-0.3, -0.25) is 14.7 Å². The predicted molar refractivity (Wildman–Crippen MR) is 175 cm³/mol. The molecule has 5 saturated carbocycles. The molecule has 5 nitrogen and oxygen atoms in total. The van der Waals surface area contributed by atoms with Crippen LogP contribution in [0.3, 0.4) is 0 Å². The van der Waals surface area contributed by atoms with Crippen LogP contribution in [0.4, 0.5) is 0 Å². The van der Waals surface area contributed by atoms with E-state index < -0.39 is 6.10 Å². The van der Waals surface area contributed by atoms with Crippen LogP contribution in [0.15, 0.2) is 29.3 Å². The first kappa shape index (κ1) is 30.3. The topological polar surface area (TPSA) is 62.1 Å². The van der Waals surface area contributed by atoms with Gasteiger partial charge in [-0.05, 0) is 86.6 Å². The molecule has 0 unspecified atom stereocenters. The monoisotopic (exact) mass is 606 g/mol. The standard InChI is InChI=1S/C37H54N2O3S/c1-22(2)32-38-29-15-16-36-20-37(36)28(14-13-27(36)33(29,4)21-43-32)34(5)17-25(40)31(35(34,6)18-30(37)41)23(3)39(7)19-24-11-9-10-12-26(24)42-8/h9-12,22-23,25,27-29,31,40H,13-21H2,1-8H3/t23-,25+,27-,28-,29-,31-,33-,34-,35+,36+,37+/m0/s1. The molecule has 0 bridgehead atoms. The van der Waals surface area contributed by atoms with Crippen molar-refractivity contribution in [1.82, 2.24) is 4.90 Å². The number of fused-ring (bicyclic) bond motifs is 4. The Morgan fingerprint density at radius 1 is 1.09 bits per heavy atom. The molecule has 43 heavy (non-hydrogen) atoms. The molecule has 1 aromatic carbocycles. The molecule has 0 saturated heterocycles.